The summed E-state index contributed by atoms with van der Waals surface area (Å²) in [4.78, 5) is 11.7. The van der Waals surface area contributed by atoms with Gasteiger partial charge in [0.25, 0.3) is 0 Å². The molecule has 6 nitrogen and oxygen atoms in total. The number of benzene rings is 3. The second-order valence-electron chi connectivity index (χ2n) is 8.68. The number of carbonyl (C=O) groups excluding carboxylic acids is 1. The number of hydrogen-bond donors (Lipinski definition) is 2. The predicted molar refractivity (Wildman–Crippen MR) is 134 cm³/mol. The summed E-state index contributed by atoms with van der Waals surface area (Å²) in [5.41, 5.74) is 2.44. The van der Waals surface area contributed by atoms with Gasteiger partial charge in [-0.2, -0.15) is 0 Å². The van der Waals surface area contributed by atoms with Crippen molar-refractivity contribution in [3.8, 4) is 5.75 Å². The predicted octanol–water partition coefficient (Wildman–Crippen LogP) is 4.55. The van der Waals surface area contributed by atoms with Gasteiger partial charge < -0.3 is 24.8 Å². The standard InChI is InChI=1S/C28H34N2O4/c1-29-27(31)17-30-26(20-8-4-3-5-9-20)12-7-13-28-33-18-22(19-34-28)24-11-6-10-21-16-23(32-2)14-15-25(21)24/h3-6,8-11,14-16,22,26,28,30H,7,12-13,17-19H2,1-2H3,(H,29,31). The molecule has 1 aliphatic heterocycles. The Kier molecular flexibility index (Phi) is 8.52. The van der Waals surface area contributed by atoms with Crippen molar-refractivity contribution in [2.45, 2.75) is 37.5 Å². The van der Waals surface area contributed by atoms with Crippen LogP contribution in [0.1, 0.15) is 42.3 Å². The molecule has 1 fully saturated rings. The first-order valence-corrected chi connectivity index (χ1v) is 12.0. The molecule has 3 aromatic rings. The number of ether oxygens (including phenoxy) is 3. The van der Waals surface area contributed by atoms with Crippen molar-refractivity contribution < 1.29 is 19.0 Å². The van der Waals surface area contributed by atoms with Gasteiger partial charge in [0.15, 0.2) is 6.29 Å². The van der Waals surface area contributed by atoms with Crippen LogP contribution < -0.4 is 15.4 Å². The molecule has 0 aliphatic carbocycles. The molecule has 180 valence electrons. The normalized spacial score (nSPS) is 19.0. The topological polar surface area (TPSA) is 68.8 Å². The van der Waals surface area contributed by atoms with Crippen LogP contribution in [0.25, 0.3) is 10.8 Å². The zero-order chi connectivity index (χ0) is 23.8. The number of carbonyl (C=O) groups is 1. The fourth-order valence-corrected chi connectivity index (χ4v) is 4.52. The van der Waals surface area contributed by atoms with E-state index in [1.54, 1.807) is 14.2 Å². The maximum absolute atomic E-state index is 11.7. The molecule has 6 heteroatoms. The zero-order valence-electron chi connectivity index (χ0n) is 20.0. The van der Waals surface area contributed by atoms with Gasteiger partial charge in [-0.25, -0.2) is 0 Å². The van der Waals surface area contributed by atoms with Crippen molar-refractivity contribution in [2.24, 2.45) is 0 Å². The SMILES string of the molecule is CNC(=O)CNC(CCCC1OCC(c2cccc3cc(OC)ccc23)CO1)c1ccccc1. The van der Waals surface area contributed by atoms with Crippen LogP contribution in [-0.4, -0.2) is 46.1 Å². The van der Waals surface area contributed by atoms with Gasteiger partial charge in [-0.3, -0.25) is 4.79 Å². The lowest BCUT2D eigenvalue weighted by Gasteiger charge is -2.30. The molecule has 34 heavy (non-hydrogen) atoms. The highest BCUT2D eigenvalue weighted by Crippen LogP contribution is 2.32. The van der Waals surface area contributed by atoms with E-state index in [2.05, 4.69) is 53.1 Å². The molecular weight excluding hydrogens is 428 g/mol. The monoisotopic (exact) mass is 462 g/mol. The molecule has 4 rings (SSSR count). The van der Waals surface area contributed by atoms with Crippen molar-refractivity contribution in [2.75, 3.05) is 33.9 Å². The number of likely N-dealkylation sites (N-methyl/N-ethyl adjacent to an activating group) is 1. The Morgan fingerprint density at radius 2 is 1.85 bits per heavy atom. The van der Waals surface area contributed by atoms with E-state index in [0.29, 0.717) is 19.8 Å². The summed E-state index contributed by atoms with van der Waals surface area (Å²) in [6.45, 7) is 1.59. The highest BCUT2D eigenvalue weighted by atomic mass is 16.7. The van der Waals surface area contributed by atoms with Gasteiger partial charge in [0.2, 0.25) is 5.91 Å². The highest BCUT2D eigenvalue weighted by molar-refractivity contribution is 5.87. The van der Waals surface area contributed by atoms with E-state index in [0.717, 1.165) is 30.4 Å². The number of hydrogen-bond acceptors (Lipinski definition) is 5. The molecule has 1 amide bonds. The number of nitrogens with one attached hydrogen (secondary N) is 2. The molecule has 2 N–H and O–H groups in total. The van der Waals surface area contributed by atoms with E-state index in [9.17, 15) is 4.79 Å². The Morgan fingerprint density at radius 3 is 2.59 bits per heavy atom. The fraction of sp³-hybridized carbons (Fsp3) is 0.393. The molecule has 1 unspecified atom stereocenters. The fourth-order valence-electron chi connectivity index (χ4n) is 4.52. The summed E-state index contributed by atoms with van der Waals surface area (Å²) >= 11 is 0. The summed E-state index contributed by atoms with van der Waals surface area (Å²) < 4.78 is 17.6. The largest absolute Gasteiger partial charge is 0.497 e. The lowest BCUT2D eigenvalue weighted by molar-refractivity contribution is -0.190. The van der Waals surface area contributed by atoms with E-state index < -0.39 is 0 Å². The third-order valence-corrected chi connectivity index (χ3v) is 6.45. The number of methoxy groups -OCH3 is 1. The van der Waals surface area contributed by atoms with Crippen molar-refractivity contribution in [3.63, 3.8) is 0 Å². The quantitative estimate of drug-likeness (QED) is 0.463. The first-order valence-electron chi connectivity index (χ1n) is 12.0. The third kappa shape index (κ3) is 6.14. The average Bonchev–Trinajstić information content (AvgIpc) is 2.90. The summed E-state index contributed by atoms with van der Waals surface area (Å²) in [5, 5.41) is 8.42. The van der Waals surface area contributed by atoms with Crippen LogP contribution in [0.2, 0.25) is 0 Å². The maximum atomic E-state index is 11.7. The van der Waals surface area contributed by atoms with Crippen molar-refractivity contribution in [3.05, 3.63) is 77.9 Å². The van der Waals surface area contributed by atoms with Crippen LogP contribution in [0.4, 0.5) is 0 Å². The van der Waals surface area contributed by atoms with Crippen LogP contribution >= 0.6 is 0 Å². The van der Waals surface area contributed by atoms with E-state index >= 15 is 0 Å². The average molecular weight is 463 g/mol. The minimum absolute atomic E-state index is 0.0159. The summed E-state index contributed by atoms with van der Waals surface area (Å²) in [5.74, 6) is 1.05. The Hall–Kier alpha value is -2.93. The molecule has 0 radical (unpaired) electrons. The van der Waals surface area contributed by atoms with Gasteiger partial charge in [0, 0.05) is 19.0 Å². The van der Waals surface area contributed by atoms with Gasteiger partial charge in [-0.05, 0) is 53.3 Å². The van der Waals surface area contributed by atoms with Gasteiger partial charge in [-0.15, -0.1) is 0 Å². The smallest absolute Gasteiger partial charge is 0.233 e. The summed E-state index contributed by atoms with van der Waals surface area (Å²) in [6, 6.07) is 22.9. The van der Waals surface area contributed by atoms with E-state index in [4.69, 9.17) is 14.2 Å². The van der Waals surface area contributed by atoms with Gasteiger partial charge in [0.1, 0.15) is 5.75 Å². The molecule has 1 atom stereocenters. The van der Waals surface area contributed by atoms with E-state index in [1.165, 1.54) is 16.5 Å². The van der Waals surface area contributed by atoms with Gasteiger partial charge in [0.05, 0.1) is 26.9 Å². The molecule has 1 aliphatic rings. The van der Waals surface area contributed by atoms with Crippen molar-refractivity contribution >= 4 is 16.7 Å². The second-order valence-corrected chi connectivity index (χ2v) is 8.68. The molecule has 0 spiro atoms. The van der Waals surface area contributed by atoms with Crippen LogP contribution in [0.15, 0.2) is 66.7 Å². The van der Waals surface area contributed by atoms with Crippen molar-refractivity contribution in [1.82, 2.24) is 10.6 Å². The minimum Gasteiger partial charge on any atom is -0.497 e. The number of rotatable bonds is 10. The number of amides is 1. The van der Waals surface area contributed by atoms with Crippen LogP contribution in [0, 0.1) is 0 Å². The molecule has 0 aromatic heterocycles. The van der Waals surface area contributed by atoms with Crippen LogP contribution in [-0.2, 0) is 14.3 Å². The van der Waals surface area contributed by atoms with Crippen LogP contribution in [0.5, 0.6) is 5.75 Å². The Bertz CT molecular complexity index is 1060. The Labute approximate surface area is 201 Å². The van der Waals surface area contributed by atoms with E-state index in [-0.39, 0.29) is 24.2 Å². The van der Waals surface area contributed by atoms with Gasteiger partial charge >= 0.3 is 0 Å². The zero-order valence-corrected chi connectivity index (χ0v) is 20.0. The van der Waals surface area contributed by atoms with Gasteiger partial charge in [-0.1, -0.05) is 54.6 Å². The molecule has 0 saturated carbocycles. The molecule has 0 bridgehead atoms. The maximum Gasteiger partial charge on any atom is 0.233 e. The molecule has 1 saturated heterocycles. The second kappa shape index (κ2) is 12.0. The Balaban J connectivity index is 1.30. The minimum atomic E-state index is -0.193. The van der Waals surface area contributed by atoms with Crippen LogP contribution in [0.3, 0.4) is 0 Å². The first-order chi connectivity index (χ1) is 16.7. The number of fused-ring (bicyclic) bond motifs is 1. The summed E-state index contributed by atoms with van der Waals surface area (Å²) in [7, 11) is 3.34. The molecule has 3 aromatic carbocycles. The third-order valence-electron chi connectivity index (χ3n) is 6.45. The Morgan fingerprint density at radius 1 is 1.06 bits per heavy atom. The molecular formula is C28H34N2O4. The lowest BCUT2D eigenvalue weighted by Crippen LogP contribution is -2.34. The van der Waals surface area contributed by atoms with Crippen molar-refractivity contribution in [1.29, 1.82) is 0 Å². The highest BCUT2D eigenvalue weighted by Gasteiger charge is 2.25. The lowest BCUT2D eigenvalue weighted by atomic mass is 9.94. The first kappa shape index (κ1) is 24.2. The summed E-state index contributed by atoms with van der Waals surface area (Å²) in [6.07, 6.45) is 2.47. The molecule has 1 heterocycles. The van der Waals surface area contributed by atoms with E-state index in [1.807, 2.05) is 24.3 Å².